The van der Waals surface area contributed by atoms with Gasteiger partial charge in [0.15, 0.2) is 0 Å². The summed E-state index contributed by atoms with van der Waals surface area (Å²) < 4.78 is 78.1. The van der Waals surface area contributed by atoms with Crippen LogP contribution in [0.15, 0.2) is 84.9 Å². The first-order valence-electron chi connectivity index (χ1n) is 16.4. The molecule has 6 rings (SSSR count). The van der Waals surface area contributed by atoms with Gasteiger partial charge in [-0.25, -0.2) is 9.07 Å². The Morgan fingerprint density at radius 2 is 1.52 bits per heavy atom. The number of aromatic nitrogens is 2. The molecule has 0 saturated heterocycles. The summed E-state index contributed by atoms with van der Waals surface area (Å²) in [5, 5.41) is 9.61. The van der Waals surface area contributed by atoms with E-state index < -0.39 is 50.6 Å². The first-order valence-corrected chi connectivity index (χ1v) is 18.3. The van der Waals surface area contributed by atoms with E-state index in [1.165, 1.54) is 12.1 Å². The van der Waals surface area contributed by atoms with Crippen LogP contribution in [0.3, 0.4) is 0 Å². The Kier molecular flexibility index (Phi) is 9.14. The van der Waals surface area contributed by atoms with Crippen LogP contribution in [0.5, 0.6) is 0 Å². The smallest absolute Gasteiger partial charge is 0.313 e. The molecule has 1 heterocycles. The Labute approximate surface area is 278 Å². The van der Waals surface area contributed by atoms with Crippen molar-refractivity contribution >= 4 is 30.4 Å². The Hall–Kier alpha value is -3.83. The summed E-state index contributed by atoms with van der Waals surface area (Å²) in [6, 6.07) is 26.2. The maximum Gasteiger partial charge on any atom is 0.313 e. The van der Waals surface area contributed by atoms with Crippen LogP contribution in [0.4, 0.5) is 27.8 Å². The van der Waals surface area contributed by atoms with Crippen LogP contribution in [0.2, 0.25) is 5.04 Å². The summed E-state index contributed by atoms with van der Waals surface area (Å²) in [7, 11) is -2.92. The van der Waals surface area contributed by atoms with E-state index in [9.17, 15) is 26.7 Å². The maximum atomic E-state index is 14.2. The first kappa shape index (κ1) is 34.0. The minimum absolute atomic E-state index is 0.0289. The minimum Gasteiger partial charge on any atom is -0.406 e. The molecule has 1 amide bonds. The molecule has 48 heavy (non-hydrogen) atoms. The van der Waals surface area contributed by atoms with Gasteiger partial charge in [-0.05, 0) is 58.4 Å². The van der Waals surface area contributed by atoms with Gasteiger partial charge in [0.1, 0.15) is 11.6 Å². The molecule has 1 N–H and O–H groups in total. The van der Waals surface area contributed by atoms with Gasteiger partial charge in [-0.15, -0.1) is 0 Å². The molecule has 1 aromatic heterocycles. The van der Waals surface area contributed by atoms with Crippen LogP contribution < -0.4 is 15.7 Å². The van der Waals surface area contributed by atoms with E-state index in [4.69, 9.17) is 9.52 Å². The number of halogens is 5. The molecule has 2 aliphatic carbocycles. The molecule has 0 radical (unpaired) electrons. The van der Waals surface area contributed by atoms with E-state index in [1.807, 2.05) is 36.4 Å². The van der Waals surface area contributed by atoms with Gasteiger partial charge >= 0.3 is 11.8 Å². The lowest BCUT2D eigenvalue weighted by Crippen LogP contribution is -2.66. The molecular formula is C37H40F5N3O2Si. The number of anilines is 1. The van der Waals surface area contributed by atoms with Gasteiger partial charge in [0.05, 0.1) is 18.8 Å². The molecule has 2 aliphatic rings. The standard InChI is InChI=1S/C37H40F5N3O2Si/c1-35(2,3)48(29-13-6-4-7-14-29,30-15-8-5-9-16-30)47-22-21-45-34(43-31(46)23-27-24-36(39,40)37(27,41)42)32(25-11-10-12-25)33(44-45)26-17-19-28(38)20-18-26/h4-9,13-20,25,27H,10-12,21-24H2,1-3H3,(H,43,46)/t27-/m1/s1. The van der Waals surface area contributed by atoms with Crippen molar-refractivity contribution in [1.82, 2.24) is 9.78 Å². The van der Waals surface area contributed by atoms with Gasteiger partial charge in [0.2, 0.25) is 5.91 Å². The van der Waals surface area contributed by atoms with Gasteiger partial charge in [-0.2, -0.15) is 22.7 Å². The molecule has 11 heteroatoms. The lowest BCUT2D eigenvalue weighted by Gasteiger charge is -2.43. The van der Waals surface area contributed by atoms with Gasteiger partial charge in [0, 0.05) is 29.9 Å². The fraction of sp³-hybridized carbons (Fsp3) is 0.405. The summed E-state index contributed by atoms with van der Waals surface area (Å²) in [5.74, 6) is -10.9. The summed E-state index contributed by atoms with van der Waals surface area (Å²) >= 11 is 0. The van der Waals surface area contributed by atoms with Gasteiger partial charge < -0.3 is 9.74 Å². The third-order valence-corrected chi connectivity index (χ3v) is 14.9. The lowest BCUT2D eigenvalue weighted by molar-refractivity contribution is -0.313. The highest BCUT2D eigenvalue weighted by molar-refractivity contribution is 6.99. The monoisotopic (exact) mass is 681 g/mol. The van der Waals surface area contributed by atoms with E-state index in [2.05, 4.69) is 50.4 Å². The first-order chi connectivity index (χ1) is 22.7. The highest BCUT2D eigenvalue weighted by Gasteiger charge is 2.71. The molecule has 1 atom stereocenters. The minimum atomic E-state index is -4.25. The van der Waals surface area contributed by atoms with Crippen molar-refractivity contribution in [2.24, 2.45) is 5.92 Å². The molecule has 0 spiro atoms. The number of alkyl halides is 4. The molecule has 2 fully saturated rings. The molecule has 254 valence electrons. The SMILES string of the molecule is CC(C)(C)[Si](OCCn1nc(-c2ccc(F)cc2)c(C2CCC2)c1NC(=O)C[C@@H]1CC(F)(F)C1(F)F)(c1ccccc1)c1ccccc1. The van der Waals surface area contributed by atoms with E-state index in [-0.39, 0.29) is 24.1 Å². The molecule has 0 unspecified atom stereocenters. The number of carbonyl (C=O) groups excluding carboxylic acids is 1. The van der Waals surface area contributed by atoms with Crippen molar-refractivity contribution in [2.75, 3.05) is 11.9 Å². The van der Waals surface area contributed by atoms with Crippen molar-refractivity contribution < 1.29 is 31.2 Å². The number of carbonyl (C=O) groups is 1. The number of rotatable bonds is 11. The Morgan fingerprint density at radius 1 is 0.938 bits per heavy atom. The van der Waals surface area contributed by atoms with Crippen molar-refractivity contribution in [2.45, 2.75) is 82.2 Å². The second-order valence-electron chi connectivity index (χ2n) is 14.0. The Balaban J connectivity index is 1.36. The summed E-state index contributed by atoms with van der Waals surface area (Å²) in [4.78, 5) is 13.3. The van der Waals surface area contributed by atoms with E-state index >= 15 is 0 Å². The predicted molar refractivity (Wildman–Crippen MR) is 179 cm³/mol. The van der Waals surface area contributed by atoms with Gasteiger partial charge in [-0.1, -0.05) is 87.9 Å². The number of nitrogens with one attached hydrogen (secondary N) is 1. The van der Waals surface area contributed by atoms with Crippen molar-refractivity contribution in [1.29, 1.82) is 0 Å². The lowest BCUT2D eigenvalue weighted by atomic mass is 9.74. The van der Waals surface area contributed by atoms with Crippen LogP contribution in [0.1, 0.15) is 64.4 Å². The number of amides is 1. The van der Waals surface area contributed by atoms with E-state index in [0.717, 1.165) is 35.2 Å². The number of benzene rings is 3. The highest BCUT2D eigenvalue weighted by Crippen LogP contribution is 2.56. The largest absolute Gasteiger partial charge is 0.406 e. The van der Waals surface area contributed by atoms with Crippen LogP contribution in [-0.2, 0) is 15.8 Å². The van der Waals surface area contributed by atoms with Gasteiger partial charge in [0.25, 0.3) is 8.32 Å². The van der Waals surface area contributed by atoms with E-state index in [1.54, 1.807) is 16.8 Å². The molecule has 5 nitrogen and oxygen atoms in total. The van der Waals surface area contributed by atoms with E-state index in [0.29, 0.717) is 17.1 Å². The Morgan fingerprint density at radius 3 is 2.00 bits per heavy atom. The molecule has 0 bridgehead atoms. The summed E-state index contributed by atoms with van der Waals surface area (Å²) in [6.45, 7) is 6.91. The maximum absolute atomic E-state index is 14.2. The molecule has 2 saturated carbocycles. The fourth-order valence-corrected chi connectivity index (χ4v) is 11.6. The summed E-state index contributed by atoms with van der Waals surface area (Å²) in [5.41, 5.74) is 1.93. The predicted octanol–water partition coefficient (Wildman–Crippen LogP) is 8.15. The topological polar surface area (TPSA) is 56.1 Å². The number of hydrogen-bond acceptors (Lipinski definition) is 3. The molecule has 4 aromatic rings. The second kappa shape index (κ2) is 12.9. The van der Waals surface area contributed by atoms with Crippen LogP contribution in [0, 0.1) is 11.7 Å². The molecule has 3 aromatic carbocycles. The zero-order valence-electron chi connectivity index (χ0n) is 27.3. The Bertz CT molecular complexity index is 1700. The second-order valence-corrected chi connectivity index (χ2v) is 18.3. The van der Waals surface area contributed by atoms with Gasteiger partial charge in [-0.3, -0.25) is 4.79 Å². The quantitative estimate of drug-likeness (QED) is 0.128. The van der Waals surface area contributed by atoms with Crippen LogP contribution in [0.25, 0.3) is 11.3 Å². The third kappa shape index (κ3) is 6.11. The zero-order chi connectivity index (χ0) is 34.3. The average Bonchev–Trinajstić information content (AvgIpc) is 3.35. The highest BCUT2D eigenvalue weighted by atomic mass is 28.4. The number of nitrogens with zero attached hydrogens (tertiary/aromatic N) is 2. The fourth-order valence-electron chi connectivity index (χ4n) is 7.07. The summed E-state index contributed by atoms with van der Waals surface area (Å²) in [6.07, 6.45) is 0.826. The van der Waals surface area contributed by atoms with Crippen molar-refractivity contribution in [3.63, 3.8) is 0 Å². The van der Waals surface area contributed by atoms with Crippen molar-refractivity contribution in [3.05, 3.63) is 96.3 Å². The number of hydrogen-bond donors (Lipinski definition) is 1. The average molecular weight is 682 g/mol. The normalized spacial score (nSPS) is 19.0. The zero-order valence-corrected chi connectivity index (χ0v) is 28.3. The van der Waals surface area contributed by atoms with Crippen LogP contribution in [-0.4, -0.2) is 42.5 Å². The molecular weight excluding hydrogens is 642 g/mol. The van der Waals surface area contributed by atoms with Crippen molar-refractivity contribution in [3.8, 4) is 11.3 Å². The van der Waals surface area contributed by atoms with Crippen LogP contribution >= 0.6 is 0 Å². The molecule has 0 aliphatic heterocycles. The third-order valence-electron chi connectivity index (χ3n) is 9.85.